The number of amides is 1. The Morgan fingerprint density at radius 2 is 2.08 bits per heavy atom. The van der Waals surface area contributed by atoms with Crippen LogP contribution in [0.3, 0.4) is 0 Å². The van der Waals surface area contributed by atoms with Crippen molar-refractivity contribution in [1.82, 2.24) is 4.90 Å². The normalized spacial score (nSPS) is 42.0. The summed E-state index contributed by atoms with van der Waals surface area (Å²) in [5, 5.41) is 0. The third-order valence-electron chi connectivity index (χ3n) is 3.10. The molecular formula is C9H15NO3. The molecule has 0 spiro atoms. The van der Waals surface area contributed by atoms with Gasteiger partial charge in [0, 0.05) is 0 Å². The molecule has 74 valence electrons. The molecule has 0 aromatic heterocycles. The average molecular weight is 185 g/mol. The van der Waals surface area contributed by atoms with Gasteiger partial charge < -0.3 is 9.47 Å². The van der Waals surface area contributed by atoms with Gasteiger partial charge >= 0.3 is 6.09 Å². The standard InChI is InChI=1S/C9H15NO3/c1-6-9(4)5-12-8(2,3)10(9)7(11)13-6/h6H,5H2,1-4H3/t6-,9+/m1/s1. The van der Waals surface area contributed by atoms with Crippen LogP contribution >= 0.6 is 0 Å². The topological polar surface area (TPSA) is 38.8 Å². The molecule has 4 heteroatoms. The Kier molecular flexibility index (Phi) is 1.48. The number of carbonyl (C=O) groups is 1. The maximum Gasteiger partial charge on any atom is 0.413 e. The van der Waals surface area contributed by atoms with Crippen molar-refractivity contribution in [3.8, 4) is 0 Å². The number of ether oxygens (including phenoxy) is 2. The van der Waals surface area contributed by atoms with Crippen LogP contribution in [0.5, 0.6) is 0 Å². The van der Waals surface area contributed by atoms with Crippen molar-refractivity contribution in [2.45, 2.75) is 45.1 Å². The lowest BCUT2D eigenvalue weighted by atomic mass is 9.96. The number of nitrogens with zero attached hydrogens (tertiary/aromatic N) is 1. The lowest BCUT2D eigenvalue weighted by Gasteiger charge is -2.31. The molecule has 4 nitrogen and oxygen atoms in total. The molecule has 2 rings (SSSR count). The quantitative estimate of drug-likeness (QED) is 0.572. The summed E-state index contributed by atoms with van der Waals surface area (Å²) in [4.78, 5) is 13.2. The van der Waals surface area contributed by atoms with E-state index in [4.69, 9.17) is 9.47 Å². The van der Waals surface area contributed by atoms with Gasteiger partial charge in [-0.2, -0.15) is 0 Å². The molecule has 0 aromatic rings. The van der Waals surface area contributed by atoms with Gasteiger partial charge in [-0.3, -0.25) is 4.90 Å². The number of hydrogen-bond acceptors (Lipinski definition) is 3. The second-order valence-corrected chi connectivity index (χ2v) is 4.45. The molecule has 0 unspecified atom stereocenters. The molecule has 0 saturated carbocycles. The minimum absolute atomic E-state index is 0.0956. The molecule has 0 radical (unpaired) electrons. The lowest BCUT2D eigenvalue weighted by Crippen LogP contribution is -2.51. The van der Waals surface area contributed by atoms with Gasteiger partial charge in [0.2, 0.25) is 0 Å². The van der Waals surface area contributed by atoms with Crippen LogP contribution in [-0.4, -0.2) is 35.0 Å². The third kappa shape index (κ3) is 0.921. The van der Waals surface area contributed by atoms with Crippen molar-refractivity contribution in [2.24, 2.45) is 0 Å². The van der Waals surface area contributed by atoms with Gasteiger partial charge in [-0.15, -0.1) is 0 Å². The highest BCUT2D eigenvalue weighted by molar-refractivity contribution is 5.73. The molecule has 2 saturated heterocycles. The predicted molar refractivity (Wildman–Crippen MR) is 46.2 cm³/mol. The zero-order valence-electron chi connectivity index (χ0n) is 8.46. The number of cyclic esters (lactones) is 1. The van der Waals surface area contributed by atoms with Gasteiger partial charge in [0.05, 0.1) is 6.61 Å². The third-order valence-corrected chi connectivity index (χ3v) is 3.10. The van der Waals surface area contributed by atoms with E-state index in [0.29, 0.717) is 6.61 Å². The Morgan fingerprint density at radius 1 is 1.46 bits per heavy atom. The fraction of sp³-hybridized carbons (Fsp3) is 0.889. The highest BCUT2D eigenvalue weighted by atomic mass is 16.6. The summed E-state index contributed by atoms with van der Waals surface area (Å²) in [7, 11) is 0. The molecule has 0 N–H and O–H groups in total. The summed E-state index contributed by atoms with van der Waals surface area (Å²) >= 11 is 0. The van der Waals surface area contributed by atoms with E-state index in [1.165, 1.54) is 0 Å². The molecule has 2 aliphatic heterocycles. The lowest BCUT2D eigenvalue weighted by molar-refractivity contribution is -0.0388. The fourth-order valence-electron chi connectivity index (χ4n) is 2.13. The van der Waals surface area contributed by atoms with Gasteiger partial charge in [0.15, 0.2) is 0 Å². The van der Waals surface area contributed by atoms with E-state index in [1.807, 2.05) is 27.7 Å². The zero-order valence-corrected chi connectivity index (χ0v) is 8.46. The Labute approximate surface area is 77.8 Å². The van der Waals surface area contributed by atoms with Crippen LogP contribution in [-0.2, 0) is 9.47 Å². The Morgan fingerprint density at radius 3 is 2.62 bits per heavy atom. The summed E-state index contributed by atoms with van der Waals surface area (Å²) in [5.41, 5.74) is -0.822. The largest absolute Gasteiger partial charge is 0.444 e. The SMILES string of the molecule is C[C@H]1OC(=O)N2C(C)(C)OC[C@@]12C. The van der Waals surface area contributed by atoms with Crippen LogP contribution in [0.1, 0.15) is 27.7 Å². The maximum absolute atomic E-state index is 11.5. The van der Waals surface area contributed by atoms with Gasteiger partial charge in [-0.25, -0.2) is 4.79 Å². The van der Waals surface area contributed by atoms with Crippen LogP contribution in [0, 0.1) is 0 Å². The van der Waals surface area contributed by atoms with Gasteiger partial charge in [0.25, 0.3) is 0 Å². The van der Waals surface area contributed by atoms with Crippen LogP contribution in [0.25, 0.3) is 0 Å². The van der Waals surface area contributed by atoms with Crippen molar-refractivity contribution >= 4 is 6.09 Å². The van der Waals surface area contributed by atoms with E-state index >= 15 is 0 Å². The molecule has 0 bridgehead atoms. The van der Waals surface area contributed by atoms with Crippen LogP contribution in [0.4, 0.5) is 4.79 Å². The first kappa shape index (κ1) is 8.81. The highest BCUT2D eigenvalue weighted by Crippen LogP contribution is 2.42. The van der Waals surface area contributed by atoms with E-state index < -0.39 is 5.72 Å². The van der Waals surface area contributed by atoms with Crippen LogP contribution < -0.4 is 0 Å². The molecule has 0 aromatic carbocycles. The Hall–Kier alpha value is -0.770. The molecule has 2 atom stereocenters. The minimum Gasteiger partial charge on any atom is -0.444 e. The second-order valence-electron chi connectivity index (χ2n) is 4.45. The maximum atomic E-state index is 11.5. The predicted octanol–water partition coefficient (Wildman–Crippen LogP) is 1.35. The van der Waals surface area contributed by atoms with E-state index in [2.05, 4.69) is 0 Å². The molecule has 2 aliphatic rings. The zero-order chi connectivity index (χ0) is 9.85. The second kappa shape index (κ2) is 2.18. The Bertz CT molecular complexity index is 264. The first-order valence-electron chi connectivity index (χ1n) is 4.53. The van der Waals surface area contributed by atoms with Crippen LogP contribution in [0.15, 0.2) is 0 Å². The van der Waals surface area contributed by atoms with Crippen LogP contribution in [0.2, 0.25) is 0 Å². The molecule has 0 aliphatic carbocycles. The smallest absolute Gasteiger partial charge is 0.413 e. The summed E-state index contributed by atoms with van der Waals surface area (Å²) in [6.45, 7) is 8.22. The fourth-order valence-corrected chi connectivity index (χ4v) is 2.13. The molecular weight excluding hydrogens is 170 g/mol. The number of carbonyl (C=O) groups excluding carboxylic acids is 1. The van der Waals surface area contributed by atoms with E-state index in [-0.39, 0.29) is 17.7 Å². The van der Waals surface area contributed by atoms with Gasteiger partial charge in [0.1, 0.15) is 17.4 Å². The molecule has 2 heterocycles. The van der Waals surface area contributed by atoms with Crippen molar-refractivity contribution in [1.29, 1.82) is 0 Å². The number of fused-ring (bicyclic) bond motifs is 1. The number of hydrogen-bond donors (Lipinski definition) is 0. The van der Waals surface area contributed by atoms with Crippen molar-refractivity contribution in [2.75, 3.05) is 6.61 Å². The summed E-state index contributed by atoms with van der Waals surface area (Å²) in [6, 6.07) is 0. The number of rotatable bonds is 0. The van der Waals surface area contributed by atoms with E-state index in [1.54, 1.807) is 4.90 Å². The summed E-state index contributed by atoms with van der Waals surface area (Å²) in [5.74, 6) is 0. The Balaban J connectivity index is 2.41. The van der Waals surface area contributed by atoms with Crippen molar-refractivity contribution in [3.63, 3.8) is 0 Å². The first-order valence-corrected chi connectivity index (χ1v) is 4.53. The minimum atomic E-state index is -0.531. The average Bonchev–Trinajstić information content (AvgIpc) is 2.34. The highest BCUT2D eigenvalue weighted by Gasteiger charge is 2.60. The monoisotopic (exact) mass is 185 g/mol. The van der Waals surface area contributed by atoms with Crippen molar-refractivity contribution < 1.29 is 14.3 Å². The molecule has 2 fully saturated rings. The summed E-state index contributed by atoms with van der Waals surface area (Å²) in [6.07, 6.45) is -0.362. The van der Waals surface area contributed by atoms with Gasteiger partial charge in [-0.05, 0) is 27.7 Å². The van der Waals surface area contributed by atoms with Gasteiger partial charge in [-0.1, -0.05) is 0 Å². The first-order chi connectivity index (χ1) is 5.88. The summed E-state index contributed by atoms with van der Waals surface area (Å²) < 4.78 is 10.8. The molecule has 13 heavy (non-hydrogen) atoms. The molecule has 1 amide bonds. The van der Waals surface area contributed by atoms with E-state index in [9.17, 15) is 4.79 Å². The van der Waals surface area contributed by atoms with E-state index in [0.717, 1.165) is 0 Å². The van der Waals surface area contributed by atoms with Crippen molar-refractivity contribution in [3.05, 3.63) is 0 Å².